The SMILES string of the molecule is CC(C)(C)CCNS(=O)(=O)c1cc(C(=O)O)cc(F)c1F. The van der Waals surface area contributed by atoms with Crippen LogP contribution in [0.15, 0.2) is 17.0 Å². The molecule has 5 nitrogen and oxygen atoms in total. The van der Waals surface area contributed by atoms with Crippen molar-refractivity contribution < 1.29 is 27.1 Å². The summed E-state index contributed by atoms with van der Waals surface area (Å²) in [6.45, 7) is 5.72. The van der Waals surface area contributed by atoms with Crippen molar-refractivity contribution in [2.75, 3.05) is 6.54 Å². The van der Waals surface area contributed by atoms with Crippen LogP contribution in [0.1, 0.15) is 37.6 Å². The molecule has 1 aromatic carbocycles. The van der Waals surface area contributed by atoms with Crippen LogP contribution in [-0.2, 0) is 10.0 Å². The minimum absolute atomic E-state index is 0.0319. The van der Waals surface area contributed by atoms with Crippen molar-refractivity contribution in [1.82, 2.24) is 4.72 Å². The molecule has 1 aromatic rings. The molecule has 0 saturated heterocycles. The molecule has 0 aliphatic rings. The maximum atomic E-state index is 13.6. The van der Waals surface area contributed by atoms with Crippen molar-refractivity contribution in [1.29, 1.82) is 0 Å². The van der Waals surface area contributed by atoms with Gasteiger partial charge in [-0.3, -0.25) is 0 Å². The Hall–Kier alpha value is -1.54. The van der Waals surface area contributed by atoms with Crippen LogP contribution in [-0.4, -0.2) is 26.0 Å². The number of aromatic carboxylic acids is 1. The number of carboxylic acids is 1. The topological polar surface area (TPSA) is 83.5 Å². The van der Waals surface area contributed by atoms with E-state index in [9.17, 15) is 22.0 Å². The second-order valence-electron chi connectivity index (χ2n) is 5.78. The molecule has 0 fully saturated rings. The maximum absolute atomic E-state index is 13.6. The molecule has 0 unspecified atom stereocenters. The van der Waals surface area contributed by atoms with Gasteiger partial charge in [0.1, 0.15) is 4.90 Å². The first-order valence-corrected chi connectivity index (χ1v) is 7.64. The molecule has 0 spiro atoms. The second-order valence-corrected chi connectivity index (χ2v) is 7.52. The van der Waals surface area contributed by atoms with Gasteiger partial charge < -0.3 is 5.11 Å². The molecule has 0 aromatic heterocycles. The summed E-state index contributed by atoms with van der Waals surface area (Å²) in [5.74, 6) is -4.66. The van der Waals surface area contributed by atoms with Gasteiger partial charge in [-0.1, -0.05) is 20.8 Å². The van der Waals surface area contributed by atoms with Crippen LogP contribution in [0.4, 0.5) is 8.78 Å². The van der Waals surface area contributed by atoms with Crippen molar-refractivity contribution >= 4 is 16.0 Å². The average Bonchev–Trinajstić information content (AvgIpc) is 2.29. The van der Waals surface area contributed by atoms with Crippen LogP contribution < -0.4 is 4.72 Å². The smallest absolute Gasteiger partial charge is 0.335 e. The Labute approximate surface area is 122 Å². The molecule has 0 heterocycles. The first kappa shape index (κ1) is 17.5. The Kier molecular flexibility index (Phi) is 5.06. The normalized spacial score (nSPS) is 12.4. The number of nitrogens with one attached hydrogen (secondary N) is 1. The molecule has 21 heavy (non-hydrogen) atoms. The summed E-state index contributed by atoms with van der Waals surface area (Å²) >= 11 is 0. The molecule has 0 radical (unpaired) electrons. The molecule has 0 bridgehead atoms. The lowest BCUT2D eigenvalue weighted by Gasteiger charge is -2.18. The van der Waals surface area contributed by atoms with Crippen LogP contribution in [0.3, 0.4) is 0 Å². The highest BCUT2D eigenvalue weighted by Crippen LogP contribution is 2.21. The Morgan fingerprint density at radius 1 is 1.29 bits per heavy atom. The summed E-state index contributed by atoms with van der Waals surface area (Å²) in [6.07, 6.45) is 0.481. The van der Waals surface area contributed by atoms with E-state index in [-0.39, 0.29) is 12.0 Å². The van der Waals surface area contributed by atoms with Gasteiger partial charge in [-0.2, -0.15) is 0 Å². The van der Waals surface area contributed by atoms with Crippen molar-refractivity contribution in [3.8, 4) is 0 Å². The van der Waals surface area contributed by atoms with E-state index in [0.717, 1.165) is 0 Å². The third-order valence-corrected chi connectivity index (χ3v) is 4.16. The van der Waals surface area contributed by atoms with Gasteiger partial charge in [0.05, 0.1) is 5.56 Å². The fourth-order valence-electron chi connectivity index (χ4n) is 1.52. The molecular weight excluding hydrogens is 304 g/mol. The van der Waals surface area contributed by atoms with Crippen molar-refractivity contribution in [2.45, 2.75) is 32.1 Å². The van der Waals surface area contributed by atoms with E-state index in [4.69, 9.17) is 5.11 Å². The summed E-state index contributed by atoms with van der Waals surface area (Å²) in [7, 11) is -4.32. The zero-order valence-electron chi connectivity index (χ0n) is 11.9. The number of rotatable bonds is 5. The van der Waals surface area contributed by atoms with Gasteiger partial charge >= 0.3 is 5.97 Å². The monoisotopic (exact) mass is 321 g/mol. The van der Waals surface area contributed by atoms with Gasteiger partial charge in [-0.05, 0) is 24.0 Å². The van der Waals surface area contributed by atoms with Gasteiger partial charge in [0.25, 0.3) is 0 Å². The van der Waals surface area contributed by atoms with E-state index in [1.54, 1.807) is 0 Å². The third kappa shape index (κ3) is 4.75. The molecule has 1 rings (SSSR count). The van der Waals surface area contributed by atoms with Crippen LogP contribution >= 0.6 is 0 Å². The molecule has 8 heteroatoms. The van der Waals surface area contributed by atoms with Crippen LogP contribution in [0.5, 0.6) is 0 Å². The molecule has 118 valence electrons. The number of sulfonamides is 1. The standard InChI is InChI=1S/C13H17F2NO4S/c1-13(2,3)4-5-16-21(19,20)10-7-8(12(17)18)6-9(14)11(10)15/h6-7,16H,4-5H2,1-3H3,(H,17,18). The number of hydrogen-bond acceptors (Lipinski definition) is 3. The van der Waals surface area contributed by atoms with Gasteiger partial charge in [0, 0.05) is 6.54 Å². The average molecular weight is 321 g/mol. The number of benzene rings is 1. The summed E-state index contributed by atoms with van der Waals surface area (Å²) < 4.78 is 53.0. The van der Waals surface area contributed by atoms with E-state index >= 15 is 0 Å². The van der Waals surface area contributed by atoms with Gasteiger partial charge in [0.15, 0.2) is 11.6 Å². The first-order valence-electron chi connectivity index (χ1n) is 6.16. The molecular formula is C13H17F2NO4S. The highest BCUT2D eigenvalue weighted by molar-refractivity contribution is 7.89. The number of hydrogen-bond donors (Lipinski definition) is 2. The zero-order valence-corrected chi connectivity index (χ0v) is 12.7. The lowest BCUT2D eigenvalue weighted by Crippen LogP contribution is -2.28. The second kappa shape index (κ2) is 6.07. The maximum Gasteiger partial charge on any atom is 0.335 e. The molecule has 2 N–H and O–H groups in total. The van der Waals surface area contributed by atoms with Crippen LogP contribution in [0, 0.1) is 17.0 Å². The Morgan fingerprint density at radius 2 is 1.86 bits per heavy atom. The molecule has 0 aliphatic carbocycles. The van der Waals surface area contributed by atoms with Crippen molar-refractivity contribution in [3.05, 3.63) is 29.3 Å². The zero-order chi connectivity index (χ0) is 16.4. The summed E-state index contributed by atoms with van der Waals surface area (Å²) in [4.78, 5) is 9.78. The summed E-state index contributed by atoms with van der Waals surface area (Å²) in [5, 5.41) is 8.77. The predicted molar refractivity (Wildman–Crippen MR) is 72.6 cm³/mol. The minimum Gasteiger partial charge on any atom is -0.478 e. The minimum atomic E-state index is -4.32. The Bertz CT molecular complexity index is 651. The Morgan fingerprint density at radius 3 is 2.33 bits per heavy atom. The van der Waals surface area contributed by atoms with Gasteiger partial charge in [-0.25, -0.2) is 26.7 Å². The van der Waals surface area contributed by atoms with E-state index in [1.807, 2.05) is 20.8 Å². The number of carboxylic acid groups (broad SMARTS) is 1. The molecule has 0 amide bonds. The molecule has 0 aliphatic heterocycles. The highest BCUT2D eigenvalue weighted by Gasteiger charge is 2.25. The van der Waals surface area contributed by atoms with Crippen molar-refractivity contribution in [3.63, 3.8) is 0 Å². The Balaban J connectivity index is 3.11. The van der Waals surface area contributed by atoms with E-state index in [0.29, 0.717) is 18.6 Å². The predicted octanol–water partition coefficient (Wildman–Crippen LogP) is 2.38. The van der Waals surface area contributed by atoms with Gasteiger partial charge in [0.2, 0.25) is 10.0 Å². The third-order valence-electron chi connectivity index (χ3n) is 2.70. The fourth-order valence-corrected chi connectivity index (χ4v) is 2.66. The highest BCUT2D eigenvalue weighted by atomic mass is 32.2. The number of halogens is 2. The molecule has 0 atom stereocenters. The lowest BCUT2D eigenvalue weighted by atomic mass is 9.93. The van der Waals surface area contributed by atoms with Crippen LogP contribution in [0.25, 0.3) is 0 Å². The van der Waals surface area contributed by atoms with E-state index in [2.05, 4.69) is 4.72 Å². The van der Waals surface area contributed by atoms with Gasteiger partial charge in [-0.15, -0.1) is 0 Å². The van der Waals surface area contributed by atoms with Crippen LogP contribution in [0.2, 0.25) is 0 Å². The quantitative estimate of drug-likeness (QED) is 0.872. The summed E-state index contributed by atoms with van der Waals surface area (Å²) in [6, 6.07) is 1.03. The fraction of sp³-hybridized carbons (Fsp3) is 0.462. The largest absolute Gasteiger partial charge is 0.478 e. The first-order chi connectivity index (χ1) is 9.44. The number of carbonyl (C=O) groups is 1. The lowest BCUT2D eigenvalue weighted by molar-refractivity contribution is 0.0696. The van der Waals surface area contributed by atoms with E-state index in [1.165, 1.54) is 0 Å². The van der Waals surface area contributed by atoms with Crippen molar-refractivity contribution in [2.24, 2.45) is 5.41 Å². The van der Waals surface area contributed by atoms with E-state index < -0.39 is 38.1 Å². The molecule has 0 saturated carbocycles. The summed E-state index contributed by atoms with van der Waals surface area (Å²) in [5.41, 5.74) is -0.778.